The van der Waals surface area contributed by atoms with Crippen molar-refractivity contribution >= 4 is 5.97 Å². The predicted octanol–water partition coefficient (Wildman–Crippen LogP) is 0.322. The molecule has 0 aromatic heterocycles. The Morgan fingerprint density at radius 3 is 2.56 bits per heavy atom. The van der Waals surface area contributed by atoms with Crippen molar-refractivity contribution in [1.29, 1.82) is 0 Å². The number of benzene rings is 1. The van der Waals surface area contributed by atoms with Crippen LogP contribution < -0.4 is 10.1 Å². The number of ether oxygens (including phenoxy) is 2. The van der Waals surface area contributed by atoms with Gasteiger partial charge in [-0.1, -0.05) is 0 Å². The number of carbonyl (C=O) groups excluding carboxylic acids is 1. The van der Waals surface area contributed by atoms with Crippen LogP contribution in [0.2, 0.25) is 0 Å². The third-order valence-electron chi connectivity index (χ3n) is 2.16. The molecule has 16 heavy (non-hydrogen) atoms. The van der Waals surface area contributed by atoms with Crippen LogP contribution in [0.1, 0.15) is 12.5 Å². The second kappa shape index (κ2) is 6.85. The minimum absolute atomic E-state index is 0.170. The van der Waals surface area contributed by atoms with E-state index in [1.165, 1.54) is 0 Å². The molecule has 0 fully saturated rings. The fraction of sp³-hybridized carbons (Fsp3) is 0.417. The van der Waals surface area contributed by atoms with Crippen molar-refractivity contribution in [3.63, 3.8) is 0 Å². The first-order chi connectivity index (χ1) is 7.76. The molecule has 0 amide bonds. The standard InChI is InChI=1S/C12H17NO3/c1-3-16-12(14)9-13-8-10-4-6-11(15-2)7-5-10/h4-7,13H,3,8-9H2,1-2H3/p+1. The van der Waals surface area contributed by atoms with Crippen molar-refractivity contribution in [2.75, 3.05) is 20.3 Å². The summed E-state index contributed by atoms with van der Waals surface area (Å²) in [5, 5.41) is 1.92. The lowest BCUT2D eigenvalue weighted by Crippen LogP contribution is -2.84. The molecule has 0 aliphatic heterocycles. The van der Waals surface area contributed by atoms with E-state index in [-0.39, 0.29) is 5.97 Å². The van der Waals surface area contributed by atoms with Crippen molar-refractivity contribution in [1.82, 2.24) is 0 Å². The van der Waals surface area contributed by atoms with Gasteiger partial charge in [0, 0.05) is 5.56 Å². The second-order valence-corrected chi connectivity index (χ2v) is 3.35. The molecule has 0 radical (unpaired) electrons. The number of carbonyl (C=O) groups is 1. The molecule has 1 aromatic rings. The van der Waals surface area contributed by atoms with Crippen LogP contribution in [0.5, 0.6) is 5.75 Å². The lowest BCUT2D eigenvalue weighted by Gasteiger charge is -2.03. The van der Waals surface area contributed by atoms with E-state index in [0.717, 1.165) is 17.9 Å². The molecule has 0 atom stereocenters. The molecule has 0 spiro atoms. The van der Waals surface area contributed by atoms with E-state index >= 15 is 0 Å². The first-order valence-electron chi connectivity index (χ1n) is 5.36. The number of nitrogens with two attached hydrogens (primary N) is 1. The Morgan fingerprint density at radius 2 is 2.00 bits per heavy atom. The summed E-state index contributed by atoms with van der Waals surface area (Å²) < 4.78 is 9.89. The Hall–Kier alpha value is -1.55. The topological polar surface area (TPSA) is 52.1 Å². The van der Waals surface area contributed by atoms with Crippen LogP contribution in [-0.2, 0) is 16.1 Å². The zero-order valence-corrected chi connectivity index (χ0v) is 9.73. The second-order valence-electron chi connectivity index (χ2n) is 3.35. The van der Waals surface area contributed by atoms with E-state index < -0.39 is 0 Å². The smallest absolute Gasteiger partial charge is 0.361 e. The molecule has 0 aliphatic carbocycles. The van der Waals surface area contributed by atoms with Gasteiger partial charge in [-0.2, -0.15) is 0 Å². The molecule has 0 heterocycles. The molecule has 0 aliphatic rings. The highest BCUT2D eigenvalue weighted by molar-refractivity contribution is 5.70. The van der Waals surface area contributed by atoms with Gasteiger partial charge in [-0.3, -0.25) is 0 Å². The minimum Gasteiger partial charge on any atom is -0.497 e. The van der Waals surface area contributed by atoms with Crippen molar-refractivity contribution in [2.45, 2.75) is 13.5 Å². The zero-order valence-electron chi connectivity index (χ0n) is 9.73. The van der Waals surface area contributed by atoms with Gasteiger partial charge in [0.15, 0.2) is 6.54 Å². The maximum absolute atomic E-state index is 11.1. The van der Waals surface area contributed by atoms with Crippen LogP contribution in [0.25, 0.3) is 0 Å². The SMILES string of the molecule is CCOC(=O)C[NH2+]Cc1ccc(OC)cc1. The number of methoxy groups -OCH3 is 1. The van der Waals surface area contributed by atoms with E-state index in [1.54, 1.807) is 14.0 Å². The van der Waals surface area contributed by atoms with Gasteiger partial charge in [-0.25, -0.2) is 4.79 Å². The first kappa shape index (κ1) is 12.5. The summed E-state index contributed by atoms with van der Waals surface area (Å²) in [5.74, 6) is 0.671. The van der Waals surface area contributed by atoms with Crippen LogP contribution in [-0.4, -0.2) is 26.2 Å². The van der Waals surface area contributed by atoms with Gasteiger partial charge in [0.05, 0.1) is 13.7 Å². The molecule has 0 unspecified atom stereocenters. The van der Waals surface area contributed by atoms with Crippen molar-refractivity contribution < 1.29 is 19.6 Å². The van der Waals surface area contributed by atoms with Crippen LogP contribution in [0, 0.1) is 0 Å². The third-order valence-corrected chi connectivity index (χ3v) is 2.16. The number of quaternary nitrogens is 1. The van der Waals surface area contributed by atoms with E-state index in [0.29, 0.717) is 13.2 Å². The molecule has 0 bridgehead atoms. The quantitative estimate of drug-likeness (QED) is 0.708. The number of hydrogen-bond donors (Lipinski definition) is 1. The maximum atomic E-state index is 11.1. The van der Waals surface area contributed by atoms with Crippen molar-refractivity contribution in [2.24, 2.45) is 0 Å². The van der Waals surface area contributed by atoms with E-state index in [4.69, 9.17) is 9.47 Å². The number of esters is 1. The lowest BCUT2D eigenvalue weighted by atomic mass is 10.2. The normalized spacial score (nSPS) is 9.88. The molecule has 0 saturated carbocycles. The minimum atomic E-state index is -0.170. The Kier molecular flexibility index (Phi) is 5.36. The summed E-state index contributed by atoms with van der Waals surface area (Å²) in [6.07, 6.45) is 0. The predicted molar refractivity (Wildman–Crippen MR) is 60.1 cm³/mol. The van der Waals surface area contributed by atoms with Crippen LogP contribution >= 0.6 is 0 Å². The Balaban J connectivity index is 2.29. The van der Waals surface area contributed by atoms with E-state index in [9.17, 15) is 4.79 Å². The third kappa shape index (κ3) is 4.31. The summed E-state index contributed by atoms with van der Waals surface area (Å²) >= 11 is 0. The summed E-state index contributed by atoms with van der Waals surface area (Å²) in [5.41, 5.74) is 1.16. The van der Waals surface area contributed by atoms with Gasteiger partial charge < -0.3 is 14.8 Å². The molecule has 4 nitrogen and oxygen atoms in total. The van der Waals surface area contributed by atoms with E-state index in [1.807, 2.05) is 29.6 Å². The van der Waals surface area contributed by atoms with E-state index in [2.05, 4.69) is 0 Å². The first-order valence-corrected chi connectivity index (χ1v) is 5.36. The van der Waals surface area contributed by atoms with Gasteiger partial charge >= 0.3 is 5.97 Å². The molecular weight excluding hydrogens is 206 g/mol. The summed E-state index contributed by atoms with van der Waals surface area (Å²) in [4.78, 5) is 11.1. The fourth-order valence-electron chi connectivity index (χ4n) is 1.34. The summed E-state index contributed by atoms with van der Waals surface area (Å²) in [6.45, 7) is 3.37. The van der Waals surface area contributed by atoms with Gasteiger partial charge in [0.25, 0.3) is 0 Å². The molecule has 1 rings (SSSR count). The number of rotatable bonds is 6. The average Bonchev–Trinajstić information content (AvgIpc) is 2.30. The van der Waals surface area contributed by atoms with Crippen molar-refractivity contribution in [3.05, 3.63) is 29.8 Å². The molecule has 1 aromatic carbocycles. The largest absolute Gasteiger partial charge is 0.497 e. The fourth-order valence-corrected chi connectivity index (χ4v) is 1.34. The number of hydrogen-bond acceptors (Lipinski definition) is 3. The molecule has 88 valence electrons. The summed E-state index contributed by atoms with van der Waals surface area (Å²) in [6, 6.07) is 7.79. The molecule has 0 saturated heterocycles. The molecule has 2 N–H and O–H groups in total. The Morgan fingerprint density at radius 1 is 1.31 bits per heavy atom. The van der Waals surface area contributed by atoms with Gasteiger partial charge in [-0.05, 0) is 31.2 Å². The molecule has 4 heteroatoms. The Labute approximate surface area is 95.6 Å². The summed E-state index contributed by atoms with van der Waals surface area (Å²) in [7, 11) is 1.64. The highest BCUT2D eigenvalue weighted by Gasteiger charge is 2.03. The zero-order chi connectivity index (χ0) is 11.8. The highest BCUT2D eigenvalue weighted by atomic mass is 16.5. The highest BCUT2D eigenvalue weighted by Crippen LogP contribution is 2.09. The van der Waals surface area contributed by atoms with Crippen LogP contribution in [0.4, 0.5) is 0 Å². The lowest BCUT2D eigenvalue weighted by molar-refractivity contribution is -0.661. The van der Waals surface area contributed by atoms with Gasteiger partial charge in [0.1, 0.15) is 12.3 Å². The van der Waals surface area contributed by atoms with Crippen LogP contribution in [0.15, 0.2) is 24.3 Å². The maximum Gasteiger partial charge on any atom is 0.361 e. The van der Waals surface area contributed by atoms with Crippen LogP contribution in [0.3, 0.4) is 0 Å². The average molecular weight is 224 g/mol. The Bertz CT molecular complexity index is 322. The van der Waals surface area contributed by atoms with Gasteiger partial charge in [-0.15, -0.1) is 0 Å². The van der Waals surface area contributed by atoms with Crippen molar-refractivity contribution in [3.8, 4) is 5.75 Å². The molecular formula is C12H18NO3+. The monoisotopic (exact) mass is 224 g/mol. The van der Waals surface area contributed by atoms with Gasteiger partial charge in [0.2, 0.25) is 0 Å².